The summed E-state index contributed by atoms with van der Waals surface area (Å²) in [6.07, 6.45) is 0.588. The van der Waals surface area contributed by atoms with Crippen LogP contribution in [0.2, 0.25) is 0 Å². The van der Waals surface area contributed by atoms with Crippen LogP contribution in [0.4, 0.5) is 24.5 Å². The number of nitrogens with zero attached hydrogens (tertiary/aromatic N) is 5. The van der Waals surface area contributed by atoms with Crippen LogP contribution in [0.3, 0.4) is 0 Å². The number of anilines is 2. The fourth-order valence-corrected chi connectivity index (χ4v) is 6.96. The van der Waals surface area contributed by atoms with Crippen LogP contribution in [0.5, 0.6) is 0 Å². The zero-order chi connectivity index (χ0) is 36.0. The van der Waals surface area contributed by atoms with Crippen molar-refractivity contribution in [2.24, 2.45) is 27.6 Å². The average molecular weight is 694 g/mol. The van der Waals surface area contributed by atoms with Gasteiger partial charge in [-0.2, -0.15) is 13.2 Å². The predicted molar refractivity (Wildman–Crippen MR) is 192 cm³/mol. The molecule has 50 heavy (non-hydrogen) atoms. The zero-order valence-electron chi connectivity index (χ0n) is 28.5. The molecule has 0 aromatic heterocycles. The Hall–Kier alpha value is -4.56. The van der Waals surface area contributed by atoms with E-state index in [9.17, 15) is 22.8 Å². The Bertz CT molecular complexity index is 1650. The lowest BCUT2D eigenvalue weighted by molar-refractivity contribution is -0.161. The van der Waals surface area contributed by atoms with Crippen molar-refractivity contribution in [3.8, 4) is 0 Å². The minimum Gasteiger partial charge on any atom is -0.398 e. The number of amidine groups is 1. The van der Waals surface area contributed by atoms with E-state index >= 15 is 0 Å². The molecule has 0 bridgehead atoms. The first-order chi connectivity index (χ1) is 23.9. The maximum atomic E-state index is 13.8. The second-order valence-electron chi connectivity index (χ2n) is 13.0. The van der Waals surface area contributed by atoms with Crippen molar-refractivity contribution in [3.63, 3.8) is 0 Å². The summed E-state index contributed by atoms with van der Waals surface area (Å²) in [7, 11) is 1.63. The quantitative estimate of drug-likeness (QED) is 0.168. The highest BCUT2D eigenvalue weighted by Gasteiger charge is 2.43. The maximum Gasteiger partial charge on any atom is 0.403 e. The van der Waals surface area contributed by atoms with Gasteiger partial charge in [-0.3, -0.25) is 19.5 Å². The van der Waals surface area contributed by atoms with Gasteiger partial charge in [0.1, 0.15) is 18.2 Å². The maximum absolute atomic E-state index is 13.8. The van der Waals surface area contributed by atoms with E-state index in [0.717, 1.165) is 17.5 Å². The number of hydrogen-bond donors (Lipinski definition) is 4. The molecule has 3 aliphatic rings. The molecular formula is C36H46F3N9O2. The van der Waals surface area contributed by atoms with E-state index in [1.165, 1.54) is 11.9 Å². The van der Waals surface area contributed by atoms with Crippen LogP contribution in [-0.4, -0.2) is 105 Å². The summed E-state index contributed by atoms with van der Waals surface area (Å²) in [5.74, 6) is -0.602. The lowest BCUT2D eigenvalue weighted by Gasteiger charge is -2.32. The minimum atomic E-state index is -4.39. The van der Waals surface area contributed by atoms with Crippen LogP contribution >= 0.6 is 0 Å². The smallest absolute Gasteiger partial charge is 0.398 e. The highest BCUT2D eigenvalue weighted by Crippen LogP contribution is 2.33. The zero-order valence-corrected chi connectivity index (χ0v) is 28.5. The Kier molecular flexibility index (Phi) is 11.7. The number of alkyl halides is 3. The van der Waals surface area contributed by atoms with E-state index in [-0.39, 0.29) is 43.0 Å². The number of benzene rings is 2. The van der Waals surface area contributed by atoms with Crippen molar-refractivity contribution in [1.29, 1.82) is 5.41 Å². The molecule has 2 fully saturated rings. The van der Waals surface area contributed by atoms with Gasteiger partial charge < -0.3 is 32.0 Å². The molecule has 2 aromatic carbocycles. The van der Waals surface area contributed by atoms with Crippen LogP contribution in [0.25, 0.3) is 5.57 Å². The van der Waals surface area contributed by atoms with Crippen LogP contribution in [-0.2, 0) is 9.59 Å². The van der Waals surface area contributed by atoms with E-state index < -0.39 is 18.1 Å². The van der Waals surface area contributed by atoms with Gasteiger partial charge in [-0.05, 0) is 75.0 Å². The second kappa shape index (κ2) is 16.0. The molecule has 3 aliphatic heterocycles. The molecule has 0 saturated carbocycles. The summed E-state index contributed by atoms with van der Waals surface area (Å²) < 4.78 is 40.2. The van der Waals surface area contributed by atoms with Crippen LogP contribution < -0.4 is 21.7 Å². The monoisotopic (exact) mass is 693 g/mol. The number of aliphatic imine (C=N–C) groups is 2. The van der Waals surface area contributed by atoms with Crippen molar-refractivity contribution in [2.75, 3.05) is 63.5 Å². The third kappa shape index (κ3) is 8.59. The van der Waals surface area contributed by atoms with Gasteiger partial charge in [-0.1, -0.05) is 30.3 Å². The highest BCUT2D eigenvalue weighted by atomic mass is 19.4. The largest absolute Gasteiger partial charge is 0.403 e. The first kappa shape index (κ1) is 36.7. The Morgan fingerprint density at radius 2 is 1.88 bits per heavy atom. The molecule has 0 radical (unpaired) electrons. The Labute approximate surface area is 290 Å². The number of carbonyl (C=O) groups excluding carboxylic acids is 2. The van der Waals surface area contributed by atoms with Crippen LogP contribution in [0.15, 0.2) is 58.5 Å². The Morgan fingerprint density at radius 1 is 1.12 bits per heavy atom. The molecule has 2 aromatic rings. The first-order valence-corrected chi connectivity index (χ1v) is 17.0. The third-order valence-corrected chi connectivity index (χ3v) is 9.83. The lowest BCUT2D eigenvalue weighted by Crippen LogP contribution is -2.49. The van der Waals surface area contributed by atoms with Crippen LogP contribution in [0, 0.1) is 17.2 Å². The van der Waals surface area contributed by atoms with Gasteiger partial charge in [0, 0.05) is 67.4 Å². The second-order valence-corrected chi connectivity index (χ2v) is 13.0. The van der Waals surface area contributed by atoms with E-state index in [1.54, 1.807) is 30.1 Å². The number of nitrogens with one attached hydrogen (secondary N) is 2. The average Bonchev–Trinajstić information content (AvgIpc) is 3.59. The highest BCUT2D eigenvalue weighted by molar-refractivity contribution is 6.06. The van der Waals surface area contributed by atoms with Crippen LogP contribution in [0.1, 0.15) is 49.3 Å². The van der Waals surface area contributed by atoms with E-state index in [2.05, 4.69) is 21.4 Å². The molecule has 3 atom stereocenters. The molecule has 3 unspecified atom stereocenters. The normalized spacial score (nSPS) is 22.1. The molecule has 0 spiro atoms. The number of likely N-dealkylation sites (tertiary alicyclic amines) is 1. The lowest BCUT2D eigenvalue weighted by atomic mass is 9.84. The fraction of sp³-hybridized carbons (Fsp3) is 0.472. The number of nitrogen functional groups attached to an aromatic ring is 1. The summed E-state index contributed by atoms with van der Waals surface area (Å²) in [6, 6.07) is 11.1. The van der Waals surface area contributed by atoms with Crippen molar-refractivity contribution in [3.05, 3.63) is 65.2 Å². The first-order valence-electron chi connectivity index (χ1n) is 17.0. The summed E-state index contributed by atoms with van der Waals surface area (Å²) in [5.41, 5.74) is 16.5. The molecule has 2 amide bonds. The summed E-state index contributed by atoms with van der Waals surface area (Å²) in [6.45, 7) is 4.79. The Morgan fingerprint density at radius 3 is 2.54 bits per heavy atom. The third-order valence-electron chi connectivity index (χ3n) is 9.83. The molecule has 5 rings (SSSR count). The SMILES string of the molecule is CCN(C(=O)C1CCN(CC(=O)N2CC=C(c3ccc(C(N)=NC=NC)cc3)CC2)C1)c1ccc(N)c(C(=N)C2CCNC(C(F)(F)F)C2)c1. The van der Waals surface area contributed by atoms with E-state index in [4.69, 9.17) is 16.9 Å². The van der Waals surface area contributed by atoms with Gasteiger partial charge >= 0.3 is 6.18 Å². The number of amides is 2. The van der Waals surface area contributed by atoms with Gasteiger partial charge in [-0.25, -0.2) is 4.99 Å². The molecule has 11 nitrogen and oxygen atoms in total. The number of nitrogens with two attached hydrogens (primary N) is 2. The number of hydrogen-bond acceptors (Lipinski definition) is 7. The van der Waals surface area contributed by atoms with Gasteiger partial charge in [0.15, 0.2) is 0 Å². The van der Waals surface area contributed by atoms with Gasteiger partial charge in [-0.15, -0.1) is 0 Å². The molecule has 268 valence electrons. The minimum absolute atomic E-state index is 0.0185. The summed E-state index contributed by atoms with van der Waals surface area (Å²) in [4.78, 5) is 40.4. The number of halogens is 3. The van der Waals surface area contributed by atoms with Gasteiger partial charge in [0.25, 0.3) is 0 Å². The van der Waals surface area contributed by atoms with E-state index in [1.807, 2.05) is 41.0 Å². The fourth-order valence-electron chi connectivity index (χ4n) is 6.96. The molecule has 6 N–H and O–H groups in total. The summed E-state index contributed by atoms with van der Waals surface area (Å²) >= 11 is 0. The topological polar surface area (TPSA) is 156 Å². The molecular weight excluding hydrogens is 647 g/mol. The number of carbonyl (C=O) groups is 2. The molecule has 3 heterocycles. The predicted octanol–water partition coefficient (Wildman–Crippen LogP) is 3.92. The van der Waals surface area contributed by atoms with Crippen molar-refractivity contribution < 1.29 is 22.8 Å². The molecule has 0 aliphatic carbocycles. The number of piperidine rings is 1. The van der Waals surface area contributed by atoms with Crippen molar-refractivity contribution in [2.45, 2.75) is 44.8 Å². The summed E-state index contributed by atoms with van der Waals surface area (Å²) in [5, 5.41) is 11.3. The van der Waals surface area contributed by atoms with E-state index in [0.29, 0.717) is 68.3 Å². The standard InChI is InChI=1S/C36H46F3N9O2/c1-3-48(28-8-9-30(40)29(19-28)33(41)26-10-14-44-31(18-26)36(37,38)39)35(50)27-11-15-46(20-27)21-32(49)47-16-12-24(13-17-47)23-4-6-25(7-5-23)34(42)45-22-43-2/h4-9,12,19,22,26-27,31,41,44H,3,10-11,13-18,20-21,40H2,1-2H3,(H2,42,43,45). The van der Waals surface area contributed by atoms with Gasteiger partial charge in [0.2, 0.25) is 11.8 Å². The number of rotatable bonds is 10. The molecule has 2 saturated heterocycles. The van der Waals surface area contributed by atoms with Gasteiger partial charge in [0.05, 0.1) is 12.5 Å². The van der Waals surface area contributed by atoms with Crippen molar-refractivity contribution >= 4 is 46.6 Å². The van der Waals surface area contributed by atoms with Crippen molar-refractivity contribution in [1.82, 2.24) is 15.1 Å². The Balaban J connectivity index is 1.16. The molecule has 14 heteroatoms.